The summed E-state index contributed by atoms with van der Waals surface area (Å²) in [5.41, 5.74) is 0. The lowest BCUT2D eigenvalue weighted by atomic mass is 10.3. The van der Waals surface area contributed by atoms with E-state index in [2.05, 4.69) is 21.3 Å². The van der Waals surface area contributed by atoms with Crippen molar-refractivity contribution in [2.45, 2.75) is 37.4 Å². The summed E-state index contributed by atoms with van der Waals surface area (Å²) in [4.78, 5) is 0. The fourth-order valence-electron chi connectivity index (χ4n) is 2.44. The van der Waals surface area contributed by atoms with Crippen LogP contribution < -0.4 is 9.47 Å². The summed E-state index contributed by atoms with van der Waals surface area (Å²) in [6.45, 7) is 7.87. The Kier molecular flexibility index (Phi) is 5.80. The summed E-state index contributed by atoms with van der Waals surface area (Å²) in [5, 5.41) is 9.63. The minimum absolute atomic E-state index is 0.590. The van der Waals surface area contributed by atoms with Crippen molar-refractivity contribution in [1.29, 1.82) is 0 Å². The topological polar surface area (TPSA) is 49.2 Å². The molecular weight excluding hydrogens is 322 g/mol. The van der Waals surface area contributed by atoms with Crippen molar-refractivity contribution in [2.75, 3.05) is 19.0 Å². The van der Waals surface area contributed by atoms with E-state index in [1.165, 1.54) is 12.8 Å². The standard InChI is InChI=1S/C18H23N3O2S/c1-3-11-21-17(14-5-6-14)19-20-18(21)24-13-12-23-16-9-7-15(8-10-16)22-4-2/h3,7-10,14H,1,4-6,11-13H2,2H3. The highest BCUT2D eigenvalue weighted by molar-refractivity contribution is 7.99. The molecule has 0 radical (unpaired) electrons. The molecule has 1 aliphatic carbocycles. The summed E-state index contributed by atoms with van der Waals surface area (Å²) in [7, 11) is 0. The summed E-state index contributed by atoms with van der Waals surface area (Å²) >= 11 is 1.68. The maximum absolute atomic E-state index is 5.77. The Labute approximate surface area is 147 Å². The number of ether oxygens (including phenoxy) is 2. The van der Waals surface area contributed by atoms with E-state index in [1.807, 2.05) is 37.3 Å². The highest BCUT2D eigenvalue weighted by Crippen LogP contribution is 2.40. The molecule has 1 aromatic carbocycles. The Balaban J connectivity index is 1.48. The van der Waals surface area contributed by atoms with E-state index in [0.717, 1.165) is 34.8 Å². The molecule has 1 fully saturated rings. The van der Waals surface area contributed by atoms with Gasteiger partial charge in [0.05, 0.1) is 13.2 Å². The molecule has 6 heteroatoms. The predicted octanol–water partition coefficient (Wildman–Crippen LogP) is 3.91. The average Bonchev–Trinajstić information content (AvgIpc) is 3.36. The van der Waals surface area contributed by atoms with Crippen LogP contribution in [0.2, 0.25) is 0 Å². The van der Waals surface area contributed by atoms with E-state index in [1.54, 1.807) is 11.8 Å². The van der Waals surface area contributed by atoms with Crippen molar-refractivity contribution in [3.8, 4) is 11.5 Å². The van der Waals surface area contributed by atoms with Crippen molar-refractivity contribution < 1.29 is 9.47 Å². The maximum atomic E-state index is 5.77. The van der Waals surface area contributed by atoms with Crippen LogP contribution in [0.5, 0.6) is 11.5 Å². The van der Waals surface area contributed by atoms with Gasteiger partial charge in [0, 0.05) is 18.2 Å². The molecular formula is C18H23N3O2S. The number of thioether (sulfide) groups is 1. The smallest absolute Gasteiger partial charge is 0.191 e. The monoisotopic (exact) mass is 345 g/mol. The van der Waals surface area contributed by atoms with Crippen LogP contribution in [0.3, 0.4) is 0 Å². The lowest BCUT2D eigenvalue weighted by Crippen LogP contribution is -2.05. The Morgan fingerprint density at radius 2 is 1.92 bits per heavy atom. The van der Waals surface area contributed by atoms with Crippen LogP contribution in [0.4, 0.5) is 0 Å². The summed E-state index contributed by atoms with van der Waals surface area (Å²) in [6.07, 6.45) is 4.34. The quantitative estimate of drug-likeness (QED) is 0.371. The van der Waals surface area contributed by atoms with Crippen molar-refractivity contribution >= 4 is 11.8 Å². The van der Waals surface area contributed by atoms with Gasteiger partial charge in [0.2, 0.25) is 0 Å². The van der Waals surface area contributed by atoms with Gasteiger partial charge in [-0.2, -0.15) is 0 Å². The molecule has 0 amide bonds. The fourth-order valence-corrected chi connectivity index (χ4v) is 3.21. The maximum Gasteiger partial charge on any atom is 0.191 e. The van der Waals surface area contributed by atoms with Gasteiger partial charge < -0.3 is 14.0 Å². The zero-order chi connectivity index (χ0) is 16.8. The average molecular weight is 345 g/mol. The molecule has 1 heterocycles. The van der Waals surface area contributed by atoms with E-state index in [4.69, 9.17) is 9.47 Å². The molecule has 1 saturated carbocycles. The molecule has 1 aliphatic rings. The first-order valence-corrected chi connectivity index (χ1v) is 9.32. The second kappa shape index (κ2) is 8.24. The highest BCUT2D eigenvalue weighted by atomic mass is 32.2. The molecule has 128 valence electrons. The van der Waals surface area contributed by atoms with Gasteiger partial charge in [0.25, 0.3) is 0 Å². The molecule has 3 rings (SSSR count). The summed E-state index contributed by atoms with van der Waals surface area (Å²) in [5.74, 6) is 4.24. The van der Waals surface area contributed by atoms with Gasteiger partial charge >= 0.3 is 0 Å². The molecule has 0 spiro atoms. The number of hydrogen-bond acceptors (Lipinski definition) is 5. The number of rotatable bonds is 10. The van der Waals surface area contributed by atoms with Gasteiger partial charge in [0.1, 0.15) is 17.3 Å². The minimum atomic E-state index is 0.590. The predicted molar refractivity (Wildman–Crippen MR) is 96.0 cm³/mol. The zero-order valence-electron chi connectivity index (χ0n) is 14.0. The van der Waals surface area contributed by atoms with E-state index in [9.17, 15) is 0 Å². The molecule has 0 aliphatic heterocycles. The van der Waals surface area contributed by atoms with Crippen molar-refractivity contribution in [3.63, 3.8) is 0 Å². The van der Waals surface area contributed by atoms with E-state index < -0.39 is 0 Å². The summed E-state index contributed by atoms with van der Waals surface area (Å²) in [6, 6.07) is 7.71. The third-order valence-corrected chi connectivity index (χ3v) is 4.65. The van der Waals surface area contributed by atoms with Crippen LogP contribution in [0, 0.1) is 0 Å². The molecule has 1 aromatic heterocycles. The van der Waals surface area contributed by atoms with Crippen LogP contribution in [-0.4, -0.2) is 33.7 Å². The lowest BCUT2D eigenvalue weighted by Gasteiger charge is -2.09. The van der Waals surface area contributed by atoms with E-state index in [-0.39, 0.29) is 0 Å². The van der Waals surface area contributed by atoms with Gasteiger partial charge in [-0.3, -0.25) is 0 Å². The molecule has 0 N–H and O–H groups in total. The number of aromatic nitrogens is 3. The molecule has 0 bridgehead atoms. The van der Waals surface area contributed by atoms with Crippen molar-refractivity contribution in [3.05, 3.63) is 42.7 Å². The van der Waals surface area contributed by atoms with Gasteiger partial charge in [-0.1, -0.05) is 17.8 Å². The Morgan fingerprint density at radius 3 is 2.54 bits per heavy atom. The molecule has 0 atom stereocenters. The van der Waals surface area contributed by atoms with Gasteiger partial charge in [-0.15, -0.1) is 16.8 Å². The van der Waals surface area contributed by atoms with Crippen molar-refractivity contribution in [2.24, 2.45) is 0 Å². The van der Waals surface area contributed by atoms with Crippen LogP contribution in [-0.2, 0) is 6.54 Å². The van der Waals surface area contributed by atoms with Crippen molar-refractivity contribution in [1.82, 2.24) is 14.8 Å². The first-order valence-electron chi connectivity index (χ1n) is 8.34. The normalized spacial score (nSPS) is 13.7. The highest BCUT2D eigenvalue weighted by Gasteiger charge is 2.30. The zero-order valence-corrected chi connectivity index (χ0v) is 14.8. The first kappa shape index (κ1) is 16.9. The fraction of sp³-hybridized carbons (Fsp3) is 0.444. The van der Waals surface area contributed by atoms with Crippen LogP contribution in [0.15, 0.2) is 42.1 Å². The lowest BCUT2D eigenvalue weighted by molar-refractivity contribution is 0.332. The number of benzene rings is 1. The Morgan fingerprint density at radius 1 is 1.21 bits per heavy atom. The Hall–Kier alpha value is -1.95. The molecule has 24 heavy (non-hydrogen) atoms. The summed E-state index contributed by atoms with van der Waals surface area (Å²) < 4.78 is 13.4. The van der Waals surface area contributed by atoms with Gasteiger partial charge in [0.15, 0.2) is 5.16 Å². The first-order chi connectivity index (χ1) is 11.8. The Bertz CT molecular complexity index is 665. The number of nitrogens with zero attached hydrogens (tertiary/aromatic N) is 3. The number of hydrogen-bond donors (Lipinski definition) is 0. The van der Waals surface area contributed by atoms with Gasteiger partial charge in [-0.25, -0.2) is 0 Å². The molecule has 2 aromatic rings. The number of allylic oxidation sites excluding steroid dienone is 1. The second-order valence-electron chi connectivity index (χ2n) is 5.62. The SMILES string of the molecule is C=CCn1c(SCCOc2ccc(OCC)cc2)nnc1C1CC1. The second-order valence-corrected chi connectivity index (χ2v) is 6.68. The third-order valence-electron chi connectivity index (χ3n) is 3.72. The molecule has 5 nitrogen and oxygen atoms in total. The van der Waals surface area contributed by atoms with Crippen LogP contribution in [0.25, 0.3) is 0 Å². The molecule has 0 unspecified atom stereocenters. The van der Waals surface area contributed by atoms with Crippen LogP contribution in [0.1, 0.15) is 31.5 Å². The largest absolute Gasteiger partial charge is 0.494 e. The third kappa shape index (κ3) is 4.32. The van der Waals surface area contributed by atoms with E-state index >= 15 is 0 Å². The minimum Gasteiger partial charge on any atom is -0.494 e. The van der Waals surface area contributed by atoms with E-state index in [0.29, 0.717) is 19.1 Å². The van der Waals surface area contributed by atoms with Crippen LogP contribution >= 0.6 is 11.8 Å². The molecule has 0 saturated heterocycles. The van der Waals surface area contributed by atoms with Gasteiger partial charge in [-0.05, 0) is 44.0 Å².